The summed E-state index contributed by atoms with van der Waals surface area (Å²) in [4.78, 5) is 15.3. The van der Waals surface area contributed by atoms with E-state index in [1.54, 1.807) is 18.2 Å². The van der Waals surface area contributed by atoms with Crippen LogP contribution in [0.25, 0.3) is 10.9 Å². The fourth-order valence-corrected chi connectivity index (χ4v) is 2.53. The molecular formula is C15H10BrClN2O. The van der Waals surface area contributed by atoms with Crippen molar-refractivity contribution in [2.75, 3.05) is 5.32 Å². The Morgan fingerprint density at radius 3 is 2.75 bits per heavy atom. The van der Waals surface area contributed by atoms with Crippen LogP contribution in [-0.2, 0) is 0 Å². The van der Waals surface area contributed by atoms with Crippen LogP contribution in [0.1, 0.15) is 10.5 Å². The number of nitrogens with one attached hydrogen (secondary N) is 2. The molecule has 0 aliphatic carbocycles. The van der Waals surface area contributed by atoms with Gasteiger partial charge in [-0.05, 0) is 46.3 Å². The Hall–Kier alpha value is -1.78. The second-order valence-corrected chi connectivity index (χ2v) is 5.64. The van der Waals surface area contributed by atoms with Crippen molar-refractivity contribution in [2.45, 2.75) is 0 Å². The van der Waals surface area contributed by atoms with Crippen molar-refractivity contribution in [1.29, 1.82) is 0 Å². The number of aromatic nitrogens is 1. The zero-order valence-electron chi connectivity index (χ0n) is 10.3. The summed E-state index contributed by atoms with van der Waals surface area (Å²) >= 11 is 9.33. The van der Waals surface area contributed by atoms with Gasteiger partial charge in [0.1, 0.15) is 5.69 Å². The monoisotopic (exact) mass is 348 g/mol. The molecule has 0 aliphatic heterocycles. The maximum absolute atomic E-state index is 12.2. The Morgan fingerprint density at radius 1 is 1.15 bits per heavy atom. The molecule has 5 heteroatoms. The number of fused-ring (bicyclic) bond motifs is 1. The number of amides is 1. The minimum atomic E-state index is -0.191. The molecule has 0 radical (unpaired) electrons. The number of hydrogen-bond donors (Lipinski definition) is 2. The first-order valence-corrected chi connectivity index (χ1v) is 7.15. The summed E-state index contributed by atoms with van der Waals surface area (Å²) in [5, 5.41) is 4.44. The van der Waals surface area contributed by atoms with Crippen LogP contribution in [0.3, 0.4) is 0 Å². The molecule has 0 saturated carbocycles. The fraction of sp³-hybridized carbons (Fsp3) is 0. The molecule has 2 N–H and O–H groups in total. The van der Waals surface area contributed by atoms with Gasteiger partial charge in [0.25, 0.3) is 5.91 Å². The number of carbonyl (C=O) groups excluding carboxylic acids is 1. The van der Waals surface area contributed by atoms with Gasteiger partial charge >= 0.3 is 0 Å². The summed E-state index contributed by atoms with van der Waals surface area (Å²) in [5.41, 5.74) is 2.07. The topological polar surface area (TPSA) is 44.9 Å². The number of para-hydroxylation sites is 1. The van der Waals surface area contributed by atoms with E-state index in [-0.39, 0.29) is 5.91 Å². The Morgan fingerprint density at radius 2 is 1.95 bits per heavy atom. The Bertz CT molecular complexity index is 797. The van der Waals surface area contributed by atoms with Crippen molar-refractivity contribution >= 4 is 50.0 Å². The predicted molar refractivity (Wildman–Crippen MR) is 85.4 cm³/mol. The van der Waals surface area contributed by atoms with Gasteiger partial charge in [0.2, 0.25) is 0 Å². The zero-order chi connectivity index (χ0) is 14.1. The number of rotatable bonds is 2. The number of H-pyrrole nitrogens is 1. The maximum atomic E-state index is 12.2. The largest absolute Gasteiger partial charge is 0.350 e. The summed E-state index contributed by atoms with van der Waals surface area (Å²) in [5.74, 6) is -0.191. The molecule has 0 atom stereocenters. The molecule has 100 valence electrons. The molecule has 0 fully saturated rings. The van der Waals surface area contributed by atoms with Gasteiger partial charge in [-0.25, -0.2) is 0 Å². The molecular weight excluding hydrogens is 340 g/mol. The van der Waals surface area contributed by atoms with Gasteiger partial charge in [0.15, 0.2) is 0 Å². The molecule has 0 spiro atoms. The molecule has 0 bridgehead atoms. The maximum Gasteiger partial charge on any atom is 0.272 e. The van der Waals surface area contributed by atoms with E-state index in [9.17, 15) is 4.79 Å². The smallest absolute Gasteiger partial charge is 0.272 e. The van der Waals surface area contributed by atoms with E-state index >= 15 is 0 Å². The number of benzene rings is 2. The van der Waals surface area contributed by atoms with Crippen LogP contribution in [0.4, 0.5) is 5.69 Å². The van der Waals surface area contributed by atoms with Crippen molar-refractivity contribution in [1.82, 2.24) is 4.98 Å². The lowest BCUT2D eigenvalue weighted by molar-refractivity contribution is 0.102. The average molecular weight is 350 g/mol. The fourth-order valence-electron chi connectivity index (χ4n) is 1.97. The molecule has 1 heterocycles. The summed E-state index contributed by atoms with van der Waals surface area (Å²) < 4.78 is 0.840. The average Bonchev–Trinajstić information content (AvgIpc) is 2.84. The number of aromatic amines is 1. The predicted octanol–water partition coefficient (Wildman–Crippen LogP) is 4.84. The Labute approximate surface area is 129 Å². The molecule has 1 amide bonds. The normalized spacial score (nSPS) is 10.7. The molecule has 1 aromatic heterocycles. The summed E-state index contributed by atoms with van der Waals surface area (Å²) in [7, 11) is 0. The minimum absolute atomic E-state index is 0.191. The van der Waals surface area contributed by atoms with Crippen LogP contribution >= 0.6 is 27.5 Å². The van der Waals surface area contributed by atoms with E-state index in [1.807, 2.05) is 30.3 Å². The molecule has 3 aromatic rings. The van der Waals surface area contributed by atoms with Gasteiger partial charge in [-0.1, -0.05) is 29.8 Å². The second-order valence-electron chi connectivity index (χ2n) is 4.35. The highest BCUT2D eigenvalue weighted by atomic mass is 79.9. The molecule has 0 aliphatic rings. The molecule has 0 unspecified atom stereocenters. The molecule has 2 aromatic carbocycles. The molecule has 20 heavy (non-hydrogen) atoms. The highest BCUT2D eigenvalue weighted by molar-refractivity contribution is 9.10. The van der Waals surface area contributed by atoms with Crippen molar-refractivity contribution < 1.29 is 4.79 Å². The first kappa shape index (κ1) is 13.2. The summed E-state index contributed by atoms with van der Waals surface area (Å²) in [6, 6.07) is 14.7. The lowest BCUT2D eigenvalue weighted by Crippen LogP contribution is -2.12. The van der Waals surface area contributed by atoms with Crippen LogP contribution in [0.5, 0.6) is 0 Å². The Kier molecular flexibility index (Phi) is 3.51. The standard InChI is InChI=1S/C15H10BrClN2O/c16-11-3-1-2-4-12(11)19-15(20)14-7-9-5-6-10(17)8-13(9)18-14/h1-8,18H,(H,19,20). The first-order chi connectivity index (χ1) is 9.63. The third-order valence-electron chi connectivity index (χ3n) is 2.95. The van der Waals surface area contributed by atoms with Crippen LogP contribution in [0.2, 0.25) is 5.02 Å². The zero-order valence-corrected chi connectivity index (χ0v) is 12.6. The van der Waals surface area contributed by atoms with Crippen molar-refractivity contribution in [3.63, 3.8) is 0 Å². The van der Waals surface area contributed by atoms with E-state index in [4.69, 9.17) is 11.6 Å². The first-order valence-electron chi connectivity index (χ1n) is 5.97. The van der Waals surface area contributed by atoms with Crippen molar-refractivity contribution in [2.24, 2.45) is 0 Å². The molecule has 3 rings (SSSR count). The van der Waals surface area contributed by atoms with Crippen LogP contribution < -0.4 is 5.32 Å². The van der Waals surface area contributed by atoms with Gasteiger partial charge < -0.3 is 10.3 Å². The lowest BCUT2D eigenvalue weighted by Gasteiger charge is -2.05. The van der Waals surface area contributed by atoms with E-state index in [0.717, 1.165) is 21.1 Å². The highest BCUT2D eigenvalue weighted by Crippen LogP contribution is 2.23. The van der Waals surface area contributed by atoms with Gasteiger partial charge in [0.05, 0.1) is 5.69 Å². The van der Waals surface area contributed by atoms with Crippen molar-refractivity contribution in [3.8, 4) is 0 Å². The quantitative estimate of drug-likeness (QED) is 0.683. The SMILES string of the molecule is O=C(Nc1ccccc1Br)c1cc2ccc(Cl)cc2[nH]1. The van der Waals surface area contributed by atoms with Gasteiger partial charge in [-0.2, -0.15) is 0 Å². The number of carbonyl (C=O) groups is 1. The van der Waals surface area contributed by atoms with E-state index < -0.39 is 0 Å². The van der Waals surface area contributed by atoms with Crippen LogP contribution in [0, 0.1) is 0 Å². The number of anilines is 1. The molecule has 0 saturated heterocycles. The highest BCUT2D eigenvalue weighted by Gasteiger charge is 2.11. The van der Waals surface area contributed by atoms with Crippen LogP contribution in [0.15, 0.2) is 53.0 Å². The summed E-state index contributed by atoms with van der Waals surface area (Å²) in [6.45, 7) is 0. The minimum Gasteiger partial charge on any atom is -0.350 e. The number of halogens is 2. The second kappa shape index (κ2) is 5.31. The van der Waals surface area contributed by atoms with Gasteiger partial charge in [-0.15, -0.1) is 0 Å². The van der Waals surface area contributed by atoms with Crippen LogP contribution in [-0.4, -0.2) is 10.9 Å². The third kappa shape index (κ3) is 2.57. The van der Waals surface area contributed by atoms with Gasteiger partial charge in [0, 0.05) is 20.4 Å². The van der Waals surface area contributed by atoms with E-state index in [0.29, 0.717) is 10.7 Å². The lowest BCUT2D eigenvalue weighted by atomic mass is 10.2. The van der Waals surface area contributed by atoms with Gasteiger partial charge in [-0.3, -0.25) is 4.79 Å². The van der Waals surface area contributed by atoms with E-state index in [2.05, 4.69) is 26.2 Å². The van der Waals surface area contributed by atoms with Crippen molar-refractivity contribution in [3.05, 3.63) is 63.7 Å². The summed E-state index contributed by atoms with van der Waals surface area (Å²) in [6.07, 6.45) is 0. The Balaban J connectivity index is 1.91. The van der Waals surface area contributed by atoms with E-state index in [1.165, 1.54) is 0 Å². The third-order valence-corrected chi connectivity index (χ3v) is 3.88. The number of hydrogen-bond acceptors (Lipinski definition) is 1. The molecule has 3 nitrogen and oxygen atoms in total.